The molecule has 0 unspecified atom stereocenters. The highest BCUT2D eigenvalue weighted by Gasteiger charge is 2.24. The van der Waals surface area contributed by atoms with E-state index in [2.05, 4.69) is 44.7 Å². The molecule has 2 aromatic rings. The molecule has 0 saturated carbocycles. The van der Waals surface area contributed by atoms with Gasteiger partial charge in [-0.25, -0.2) is 0 Å². The molecule has 0 aliphatic heterocycles. The Morgan fingerprint density at radius 1 is 0.800 bits per heavy atom. The number of esters is 2. The van der Waals surface area contributed by atoms with Gasteiger partial charge in [-0.15, -0.1) is 0 Å². The first-order chi connectivity index (χ1) is 16.5. The Kier molecular flexibility index (Phi) is 11.0. The zero-order chi connectivity index (χ0) is 26.1. The van der Waals surface area contributed by atoms with Crippen molar-refractivity contribution in [2.75, 3.05) is 6.54 Å². The number of benzene rings is 2. The van der Waals surface area contributed by atoms with Crippen LogP contribution in [0.3, 0.4) is 0 Å². The van der Waals surface area contributed by atoms with Gasteiger partial charge in [0, 0.05) is 23.6 Å². The summed E-state index contributed by atoms with van der Waals surface area (Å²) in [5, 5.41) is 0. The molecule has 2 rings (SSSR count). The quantitative estimate of drug-likeness (QED) is 0.253. The Hall–Kier alpha value is -2.66. The van der Waals surface area contributed by atoms with Gasteiger partial charge in [0.2, 0.25) is 0 Å². The lowest BCUT2D eigenvalue weighted by atomic mass is 9.86. The first-order valence-corrected chi connectivity index (χ1v) is 12.8. The van der Waals surface area contributed by atoms with Gasteiger partial charge in [0.15, 0.2) is 0 Å². The van der Waals surface area contributed by atoms with Crippen LogP contribution in [0.5, 0.6) is 5.75 Å². The van der Waals surface area contributed by atoms with E-state index in [9.17, 15) is 9.59 Å². The second-order valence-corrected chi connectivity index (χ2v) is 10.4. The Morgan fingerprint density at radius 3 is 1.94 bits per heavy atom. The molecule has 0 bridgehead atoms. The van der Waals surface area contributed by atoms with E-state index in [1.54, 1.807) is 0 Å². The molecule has 0 spiro atoms. The van der Waals surface area contributed by atoms with Gasteiger partial charge in [0.25, 0.3) is 0 Å². The van der Waals surface area contributed by atoms with Crippen molar-refractivity contribution in [1.29, 1.82) is 0 Å². The van der Waals surface area contributed by atoms with Crippen LogP contribution >= 0.6 is 0 Å². The largest absolute Gasteiger partial charge is 0.461 e. The van der Waals surface area contributed by atoms with Crippen molar-refractivity contribution in [2.45, 2.75) is 86.4 Å². The van der Waals surface area contributed by atoms with Crippen LogP contribution in [0.2, 0.25) is 0 Å². The van der Waals surface area contributed by atoms with E-state index in [1.807, 2.05) is 64.1 Å². The highest BCUT2D eigenvalue weighted by Crippen LogP contribution is 2.36. The maximum absolute atomic E-state index is 12.5. The number of hydrogen-bond donors (Lipinski definition) is 0. The number of ether oxygens (including phenoxy) is 2. The normalized spacial score (nSPS) is 12.6. The third-order valence-corrected chi connectivity index (χ3v) is 6.19. The number of carbonyl (C=O) groups is 2. The number of carbonyl (C=O) groups excluding carboxylic acids is 2. The van der Waals surface area contributed by atoms with E-state index in [-0.39, 0.29) is 36.3 Å². The second-order valence-electron chi connectivity index (χ2n) is 10.4. The topological polar surface area (TPSA) is 55.8 Å². The van der Waals surface area contributed by atoms with Crippen LogP contribution in [-0.4, -0.2) is 35.5 Å². The molecule has 0 amide bonds. The number of nitrogens with zero attached hydrogens (tertiary/aromatic N) is 1. The highest BCUT2D eigenvalue weighted by atomic mass is 16.5. The highest BCUT2D eigenvalue weighted by molar-refractivity contribution is 5.75. The summed E-state index contributed by atoms with van der Waals surface area (Å²) in [6.07, 6.45) is 0.863. The molecule has 0 heterocycles. The third kappa shape index (κ3) is 8.50. The predicted octanol–water partition coefficient (Wildman–Crippen LogP) is 6.59. The van der Waals surface area contributed by atoms with Gasteiger partial charge >= 0.3 is 11.9 Å². The zero-order valence-corrected chi connectivity index (χ0v) is 22.7. The molecular formula is C30H43NO4. The average Bonchev–Trinajstić information content (AvgIpc) is 2.81. The third-order valence-electron chi connectivity index (χ3n) is 6.19. The van der Waals surface area contributed by atoms with Gasteiger partial charge < -0.3 is 9.47 Å². The molecule has 5 heteroatoms. The summed E-state index contributed by atoms with van der Waals surface area (Å²) >= 11 is 0. The van der Waals surface area contributed by atoms with Crippen LogP contribution in [0.4, 0.5) is 0 Å². The summed E-state index contributed by atoms with van der Waals surface area (Å²) in [4.78, 5) is 27.1. The van der Waals surface area contributed by atoms with Gasteiger partial charge in [-0.3, -0.25) is 14.5 Å². The summed E-state index contributed by atoms with van der Waals surface area (Å²) in [5.41, 5.74) is 2.98. The van der Waals surface area contributed by atoms with Crippen molar-refractivity contribution < 1.29 is 19.1 Å². The summed E-state index contributed by atoms with van der Waals surface area (Å²) in [7, 11) is 0. The van der Waals surface area contributed by atoms with Crippen LogP contribution in [0.1, 0.15) is 84.4 Å². The van der Waals surface area contributed by atoms with Gasteiger partial charge in [0.05, 0.1) is 11.8 Å². The molecule has 35 heavy (non-hydrogen) atoms. The lowest BCUT2D eigenvalue weighted by molar-refractivity contribution is -0.148. The molecule has 0 N–H and O–H groups in total. The van der Waals surface area contributed by atoms with Crippen molar-refractivity contribution in [2.24, 2.45) is 11.8 Å². The summed E-state index contributed by atoms with van der Waals surface area (Å²) in [6.45, 7) is 17.3. The van der Waals surface area contributed by atoms with Crippen molar-refractivity contribution in [3.05, 3.63) is 65.2 Å². The van der Waals surface area contributed by atoms with E-state index < -0.39 is 0 Å². The number of rotatable bonds is 12. The smallest absolute Gasteiger partial charge is 0.313 e. The second kappa shape index (κ2) is 13.4. The molecule has 0 saturated heterocycles. The van der Waals surface area contributed by atoms with Gasteiger partial charge in [-0.2, -0.15) is 0 Å². The Bertz CT molecular complexity index is 942. The molecule has 192 valence electrons. The van der Waals surface area contributed by atoms with E-state index in [1.165, 1.54) is 0 Å². The van der Waals surface area contributed by atoms with Crippen LogP contribution in [0.15, 0.2) is 48.5 Å². The molecular weight excluding hydrogens is 438 g/mol. The number of hydrogen-bond acceptors (Lipinski definition) is 5. The molecule has 0 aliphatic carbocycles. The lowest BCUT2D eigenvalue weighted by Crippen LogP contribution is -2.38. The Labute approximate surface area is 211 Å². The predicted molar refractivity (Wildman–Crippen MR) is 141 cm³/mol. The minimum Gasteiger partial charge on any atom is -0.461 e. The van der Waals surface area contributed by atoms with Gasteiger partial charge in [-0.1, -0.05) is 64.1 Å². The summed E-state index contributed by atoms with van der Waals surface area (Å²) < 4.78 is 11.4. The first kappa shape index (κ1) is 28.6. The standard InChI is InChI=1S/C30H43NO4/c1-20(2)29(32)34-19-24-14-15-28(35-30(33)21(3)4)27(18-24)26(25-12-10-9-11-13-25)16-17-31(22(5)6)23(7)8/h9-15,18,20-23,26H,16-17,19H2,1-8H3/t26-/m1/s1. The molecule has 0 fully saturated rings. The average molecular weight is 482 g/mol. The summed E-state index contributed by atoms with van der Waals surface area (Å²) in [5.74, 6) is -0.323. The van der Waals surface area contributed by atoms with Crippen LogP contribution in [0, 0.1) is 11.8 Å². The Balaban J connectivity index is 2.50. The van der Waals surface area contributed by atoms with E-state index in [4.69, 9.17) is 9.47 Å². The molecule has 1 atom stereocenters. The van der Waals surface area contributed by atoms with Gasteiger partial charge in [0.1, 0.15) is 12.4 Å². The van der Waals surface area contributed by atoms with Crippen molar-refractivity contribution in [3.63, 3.8) is 0 Å². The minimum absolute atomic E-state index is 0.0203. The maximum Gasteiger partial charge on any atom is 0.313 e. The van der Waals surface area contributed by atoms with Crippen molar-refractivity contribution in [3.8, 4) is 5.75 Å². The van der Waals surface area contributed by atoms with E-state index >= 15 is 0 Å². The lowest BCUT2D eigenvalue weighted by Gasteiger charge is -2.32. The van der Waals surface area contributed by atoms with Crippen LogP contribution < -0.4 is 4.74 Å². The van der Waals surface area contributed by atoms with Crippen LogP contribution in [0.25, 0.3) is 0 Å². The molecule has 0 aliphatic rings. The molecule has 5 nitrogen and oxygen atoms in total. The maximum atomic E-state index is 12.5. The fraction of sp³-hybridized carbons (Fsp3) is 0.533. The molecule has 0 aromatic heterocycles. The minimum atomic E-state index is -0.261. The molecule has 0 radical (unpaired) electrons. The fourth-order valence-electron chi connectivity index (χ4n) is 4.18. The van der Waals surface area contributed by atoms with Crippen molar-refractivity contribution in [1.82, 2.24) is 4.90 Å². The fourth-order valence-corrected chi connectivity index (χ4v) is 4.18. The summed E-state index contributed by atoms with van der Waals surface area (Å²) in [6, 6.07) is 16.9. The zero-order valence-electron chi connectivity index (χ0n) is 22.7. The van der Waals surface area contributed by atoms with E-state index in [0.717, 1.165) is 29.7 Å². The van der Waals surface area contributed by atoms with E-state index in [0.29, 0.717) is 17.8 Å². The molecule has 2 aromatic carbocycles. The Morgan fingerprint density at radius 2 is 1.40 bits per heavy atom. The first-order valence-electron chi connectivity index (χ1n) is 12.8. The SMILES string of the molecule is CC(C)C(=O)OCc1ccc(OC(=O)C(C)C)c([C@H](CCN(C(C)C)C(C)C)c2ccccc2)c1. The van der Waals surface area contributed by atoms with Gasteiger partial charge in [-0.05, 0) is 63.9 Å². The van der Waals surface area contributed by atoms with Crippen LogP contribution in [-0.2, 0) is 20.9 Å². The monoisotopic (exact) mass is 481 g/mol. The van der Waals surface area contributed by atoms with Crippen molar-refractivity contribution >= 4 is 11.9 Å².